The summed E-state index contributed by atoms with van der Waals surface area (Å²) in [4.78, 5) is 7.39. The Morgan fingerprint density at radius 3 is 2.33 bits per heavy atom. The monoisotopic (exact) mass is 280 g/mol. The second kappa shape index (κ2) is 4.21. The Hall–Kier alpha value is -1.67. The molecule has 3 N–H and O–H groups in total. The number of hydrazine groups is 1. The van der Waals surface area contributed by atoms with Crippen LogP contribution >= 0.6 is 11.6 Å². The normalized spacial score (nSPS) is 11.9. The summed E-state index contributed by atoms with van der Waals surface area (Å²) in [6.07, 6.45) is -4.81. The van der Waals surface area contributed by atoms with Crippen LogP contribution in [0, 0.1) is 5.82 Å². The van der Waals surface area contributed by atoms with E-state index in [0.29, 0.717) is 12.1 Å². The van der Waals surface area contributed by atoms with Gasteiger partial charge in [-0.1, -0.05) is 11.6 Å². The lowest BCUT2D eigenvalue weighted by molar-refractivity contribution is -0.139. The number of nitrogens with one attached hydrogen (secondary N) is 1. The molecule has 0 bridgehead atoms. The van der Waals surface area contributed by atoms with Crippen LogP contribution in [0.2, 0.25) is 5.15 Å². The van der Waals surface area contributed by atoms with Crippen molar-refractivity contribution in [3.8, 4) is 0 Å². The highest BCUT2D eigenvalue weighted by Gasteiger charge is 2.34. The number of nitrogens with two attached hydrogens (primary N) is 1. The number of alkyl halides is 3. The van der Waals surface area contributed by atoms with Crippen molar-refractivity contribution in [3.05, 3.63) is 28.7 Å². The number of nitrogen functional groups attached to an aromatic ring is 1. The van der Waals surface area contributed by atoms with E-state index >= 15 is 0 Å². The topological polar surface area (TPSA) is 63.8 Å². The van der Waals surface area contributed by atoms with E-state index in [-0.39, 0.29) is 22.0 Å². The van der Waals surface area contributed by atoms with Crippen molar-refractivity contribution in [2.75, 3.05) is 5.43 Å². The van der Waals surface area contributed by atoms with E-state index < -0.39 is 17.6 Å². The molecule has 0 aliphatic carbocycles. The summed E-state index contributed by atoms with van der Waals surface area (Å²) in [7, 11) is 0. The Morgan fingerprint density at radius 2 is 1.78 bits per heavy atom. The fraction of sp³-hybridized carbons (Fsp3) is 0.111. The molecule has 96 valence electrons. The third-order valence-electron chi connectivity index (χ3n) is 2.15. The van der Waals surface area contributed by atoms with Gasteiger partial charge in [0.1, 0.15) is 5.82 Å². The van der Waals surface area contributed by atoms with Crippen LogP contribution in [-0.2, 0) is 6.18 Å². The van der Waals surface area contributed by atoms with Crippen molar-refractivity contribution in [3.63, 3.8) is 0 Å². The molecule has 4 nitrogen and oxygen atoms in total. The molecular weight excluding hydrogens is 276 g/mol. The zero-order valence-electron chi connectivity index (χ0n) is 8.52. The van der Waals surface area contributed by atoms with Crippen LogP contribution in [0.4, 0.5) is 23.4 Å². The first-order chi connectivity index (χ1) is 8.32. The molecule has 0 aliphatic heterocycles. The van der Waals surface area contributed by atoms with Crippen LogP contribution in [0.3, 0.4) is 0 Å². The third-order valence-corrected chi connectivity index (χ3v) is 2.42. The summed E-state index contributed by atoms with van der Waals surface area (Å²) in [5, 5.41) is -0.204. The van der Waals surface area contributed by atoms with E-state index in [9.17, 15) is 17.6 Å². The van der Waals surface area contributed by atoms with Crippen LogP contribution in [0.5, 0.6) is 0 Å². The summed E-state index contributed by atoms with van der Waals surface area (Å²) < 4.78 is 50.7. The lowest BCUT2D eigenvalue weighted by Crippen LogP contribution is -2.11. The van der Waals surface area contributed by atoms with Gasteiger partial charge in [0, 0.05) is 6.07 Å². The van der Waals surface area contributed by atoms with Crippen LogP contribution in [0.25, 0.3) is 11.0 Å². The molecule has 18 heavy (non-hydrogen) atoms. The Bertz CT molecular complexity index is 614. The van der Waals surface area contributed by atoms with Gasteiger partial charge < -0.3 is 5.43 Å². The van der Waals surface area contributed by atoms with Crippen molar-refractivity contribution in [2.45, 2.75) is 6.18 Å². The highest BCUT2D eigenvalue weighted by atomic mass is 35.5. The van der Waals surface area contributed by atoms with Gasteiger partial charge in [0.15, 0.2) is 11.0 Å². The molecule has 0 fully saturated rings. The number of aromatic nitrogens is 2. The lowest BCUT2D eigenvalue weighted by Gasteiger charge is -2.09. The Labute approximate surface area is 103 Å². The first-order valence-electron chi connectivity index (χ1n) is 4.53. The van der Waals surface area contributed by atoms with Crippen LogP contribution in [-0.4, -0.2) is 9.97 Å². The molecule has 0 spiro atoms. The minimum Gasteiger partial charge on any atom is -0.306 e. The number of hydrogen-bond donors (Lipinski definition) is 2. The molecule has 0 radical (unpaired) electrons. The highest BCUT2D eigenvalue weighted by molar-refractivity contribution is 6.32. The van der Waals surface area contributed by atoms with Gasteiger partial charge >= 0.3 is 6.18 Å². The maximum absolute atomic E-state index is 13.3. The van der Waals surface area contributed by atoms with E-state index in [4.69, 9.17) is 17.4 Å². The van der Waals surface area contributed by atoms with Gasteiger partial charge in [-0.15, -0.1) is 0 Å². The molecule has 2 rings (SSSR count). The maximum atomic E-state index is 13.3. The molecule has 0 unspecified atom stereocenters. The first kappa shape index (κ1) is 12.8. The number of nitrogens with zero attached hydrogens (tertiary/aromatic N) is 2. The Morgan fingerprint density at radius 1 is 1.17 bits per heavy atom. The molecule has 0 atom stereocenters. The molecule has 0 aliphatic rings. The maximum Gasteiger partial charge on any atom is 0.419 e. The quantitative estimate of drug-likeness (QED) is 0.479. The average molecular weight is 281 g/mol. The summed E-state index contributed by atoms with van der Waals surface area (Å²) in [6, 6.07) is 1.17. The summed E-state index contributed by atoms with van der Waals surface area (Å²) in [5.41, 5.74) is 0.420. The van der Waals surface area contributed by atoms with Crippen molar-refractivity contribution >= 4 is 28.5 Å². The van der Waals surface area contributed by atoms with Gasteiger partial charge in [-0.3, -0.25) is 0 Å². The number of halogens is 5. The number of anilines is 1. The van der Waals surface area contributed by atoms with Crippen molar-refractivity contribution in [2.24, 2.45) is 5.84 Å². The molecule has 0 saturated heterocycles. The molecule has 1 heterocycles. The molecule has 0 amide bonds. The number of benzene rings is 1. The van der Waals surface area contributed by atoms with Gasteiger partial charge in [-0.2, -0.15) is 13.2 Å². The van der Waals surface area contributed by atoms with Gasteiger partial charge in [0.05, 0.1) is 16.6 Å². The SMILES string of the molecule is NNc1nc2cc(F)c(C(F)(F)F)cc2nc1Cl. The zero-order valence-corrected chi connectivity index (χ0v) is 9.27. The summed E-state index contributed by atoms with van der Waals surface area (Å²) in [6.45, 7) is 0. The molecule has 0 saturated carbocycles. The predicted octanol–water partition coefficient (Wildman–Crippen LogP) is 2.73. The molecule has 9 heteroatoms. The third kappa shape index (κ3) is 2.16. The predicted molar refractivity (Wildman–Crippen MR) is 57.3 cm³/mol. The van der Waals surface area contributed by atoms with Crippen LogP contribution in [0.1, 0.15) is 5.56 Å². The standard InChI is InChI=1S/C9H5ClF4N4/c10-7-8(18-15)17-6-2-4(11)3(9(12,13)14)1-5(6)16-7/h1-2H,15H2,(H,17,18). The fourth-order valence-electron chi connectivity index (χ4n) is 1.36. The number of hydrogen-bond acceptors (Lipinski definition) is 4. The Balaban J connectivity index is 2.73. The summed E-state index contributed by atoms with van der Waals surface area (Å²) in [5.74, 6) is 3.58. The van der Waals surface area contributed by atoms with Crippen molar-refractivity contribution in [1.82, 2.24) is 9.97 Å². The van der Waals surface area contributed by atoms with Crippen molar-refractivity contribution < 1.29 is 17.6 Å². The van der Waals surface area contributed by atoms with E-state index in [0.717, 1.165) is 0 Å². The van der Waals surface area contributed by atoms with E-state index in [1.54, 1.807) is 0 Å². The second-order valence-corrected chi connectivity index (χ2v) is 3.68. The fourth-order valence-corrected chi connectivity index (χ4v) is 1.55. The van der Waals surface area contributed by atoms with Crippen molar-refractivity contribution in [1.29, 1.82) is 0 Å². The molecule has 1 aromatic heterocycles. The van der Waals surface area contributed by atoms with Gasteiger partial charge in [0.25, 0.3) is 0 Å². The molecule has 1 aromatic carbocycles. The van der Waals surface area contributed by atoms with Gasteiger partial charge in [0.2, 0.25) is 0 Å². The average Bonchev–Trinajstić information content (AvgIpc) is 2.26. The minimum absolute atomic E-state index is 0.0525. The molecule has 2 aromatic rings. The Kier molecular flexibility index (Phi) is 2.99. The highest BCUT2D eigenvalue weighted by Crippen LogP contribution is 2.33. The van der Waals surface area contributed by atoms with Gasteiger partial charge in [-0.25, -0.2) is 20.2 Å². The first-order valence-corrected chi connectivity index (χ1v) is 4.91. The van der Waals surface area contributed by atoms with Crippen LogP contribution < -0.4 is 11.3 Å². The minimum atomic E-state index is -4.81. The molecular formula is C9H5ClF4N4. The number of fused-ring (bicyclic) bond motifs is 1. The van der Waals surface area contributed by atoms with E-state index in [1.807, 2.05) is 0 Å². The lowest BCUT2D eigenvalue weighted by atomic mass is 10.1. The van der Waals surface area contributed by atoms with E-state index in [2.05, 4.69) is 15.4 Å². The van der Waals surface area contributed by atoms with Gasteiger partial charge in [-0.05, 0) is 6.07 Å². The van der Waals surface area contributed by atoms with Crippen LogP contribution in [0.15, 0.2) is 12.1 Å². The summed E-state index contributed by atoms with van der Waals surface area (Å²) >= 11 is 5.62. The largest absolute Gasteiger partial charge is 0.419 e. The zero-order chi connectivity index (χ0) is 13.5. The second-order valence-electron chi connectivity index (χ2n) is 3.33. The smallest absolute Gasteiger partial charge is 0.306 e. The number of rotatable bonds is 1. The van der Waals surface area contributed by atoms with E-state index in [1.165, 1.54) is 0 Å².